The first-order valence-corrected chi connectivity index (χ1v) is 8.14. The number of amides is 1. The van der Waals surface area contributed by atoms with Crippen LogP contribution < -0.4 is 10.0 Å². The third kappa shape index (κ3) is 3.17. The molecular formula is C13H14N2O3S2. The van der Waals surface area contributed by atoms with E-state index in [4.69, 9.17) is 0 Å². The zero-order valence-electron chi connectivity index (χ0n) is 11.0. The van der Waals surface area contributed by atoms with Crippen molar-refractivity contribution in [2.45, 2.75) is 11.1 Å². The predicted molar refractivity (Wildman–Crippen MR) is 79.7 cm³/mol. The van der Waals surface area contributed by atoms with Gasteiger partial charge in [0.2, 0.25) is 0 Å². The monoisotopic (exact) mass is 310 g/mol. The Hall–Kier alpha value is -1.86. The number of carbonyl (C=O) groups excluding carboxylic acids is 1. The average molecular weight is 310 g/mol. The Labute approximate surface area is 121 Å². The van der Waals surface area contributed by atoms with Gasteiger partial charge in [0.15, 0.2) is 0 Å². The molecule has 0 aliphatic rings. The van der Waals surface area contributed by atoms with Gasteiger partial charge in [0.05, 0.1) is 0 Å². The van der Waals surface area contributed by atoms with Crippen LogP contribution in [0.15, 0.2) is 40.6 Å². The maximum atomic E-state index is 12.2. The number of hydrogen-bond acceptors (Lipinski definition) is 4. The van der Waals surface area contributed by atoms with Gasteiger partial charge >= 0.3 is 0 Å². The summed E-state index contributed by atoms with van der Waals surface area (Å²) in [5.41, 5.74) is 0.757. The molecule has 1 amide bonds. The molecule has 5 nitrogen and oxygen atoms in total. The summed E-state index contributed by atoms with van der Waals surface area (Å²) in [6.07, 6.45) is 0. The number of rotatable bonds is 4. The van der Waals surface area contributed by atoms with Crippen LogP contribution in [-0.2, 0) is 10.0 Å². The standard InChI is InChI=1S/C13H14N2O3S2/c1-9-6-7-12(19-9)20(17,18)15-11-5-3-4-10(8-11)13(16)14-2/h3-8,15H,1-2H3,(H,14,16). The average Bonchev–Trinajstić information content (AvgIpc) is 2.85. The molecule has 1 heterocycles. The number of carbonyl (C=O) groups is 1. The van der Waals surface area contributed by atoms with Crippen LogP contribution in [-0.4, -0.2) is 21.4 Å². The number of anilines is 1. The molecule has 0 saturated heterocycles. The molecule has 7 heteroatoms. The van der Waals surface area contributed by atoms with Crippen molar-refractivity contribution in [3.8, 4) is 0 Å². The summed E-state index contributed by atoms with van der Waals surface area (Å²) in [7, 11) is -2.08. The van der Waals surface area contributed by atoms with Crippen LogP contribution >= 0.6 is 11.3 Å². The van der Waals surface area contributed by atoms with Crippen molar-refractivity contribution < 1.29 is 13.2 Å². The number of nitrogens with one attached hydrogen (secondary N) is 2. The fraction of sp³-hybridized carbons (Fsp3) is 0.154. The van der Waals surface area contributed by atoms with Gasteiger partial charge in [-0.15, -0.1) is 11.3 Å². The van der Waals surface area contributed by atoms with Gasteiger partial charge in [-0.2, -0.15) is 0 Å². The van der Waals surface area contributed by atoms with E-state index in [9.17, 15) is 13.2 Å². The van der Waals surface area contributed by atoms with Gasteiger partial charge in [-0.1, -0.05) is 6.07 Å². The van der Waals surface area contributed by atoms with Crippen molar-refractivity contribution in [1.82, 2.24) is 5.32 Å². The van der Waals surface area contributed by atoms with Crippen LogP contribution in [0.3, 0.4) is 0 Å². The minimum atomic E-state index is -3.60. The van der Waals surface area contributed by atoms with E-state index in [1.54, 1.807) is 30.3 Å². The molecule has 20 heavy (non-hydrogen) atoms. The highest BCUT2D eigenvalue weighted by molar-refractivity contribution is 7.94. The number of aryl methyl sites for hydroxylation is 1. The van der Waals surface area contributed by atoms with Gasteiger partial charge in [0, 0.05) is 23.2 Å². The lowest BCUT2D eigenvalue weighted by Gasteiger charge is -2.07. The van der Waals surface area contributed by atoms with Crippen LogP contribution in [0.1, 0.15) is 15.2 Å². The van der Waals surface area contributed by atoms with Crippen molar-refractivity contribution in [3.05, 3.63) is 46.8 Å². The Kier molecular flexibility index (Phi) is 4.10. The molecule has 0 bridgehead atoms. The van der Waals surface area contributed by atoms with Gasteiger partial charge in [-0.05, 0) is 37.3 Å². The first-order chi connectivity index (χ1) is 9.42. The Morgan fingerprint density at radius 1 is 1.20 bits per heavy atom. The van der Waals surface area contributed by atoms with Crippen LogP contribution in [0, 0.1) is 6.92 Å². The molecule has 0 fully saturated rings. The second-order valence-corrected chi connectivity index (χ2v) is 7.33. The summed E-state index contributed by atoms with van der Waals surface area (Å²) in [6.45, 7) is 1.84. The highest BCUT2D eigenvalue weighted by atomic mass is 32.2. The van der Waals surface area contributed by atoms with Crippen LogP contribution in [0.5, 0.6) is 0 Å². The lowest BCUT2D eigenvalue weighted by atomic mass is 10.2. The van der Waals surface area contributed by atoms with Crippen LogP contribution in [0.2, 0.25) is 0 Å². The molecule has 1 aromatic carbocycles. The van der Waals surface area contributed by atoms with E-state index in [1.807, 2.05) is 6.92 Å². The first-order valence-electron chi connectivity index (χ1n) is 5.84. The zero-order chi connectivity index (χ0) is 14.8. The molecule has 0 unspecified atom stereocenters. The molecule has 1 aromatic heterocycles. The van der Waals surface area contributed by atoms with Crippen molar-refractivity contribution in [1.29, 1.82) is 0 Å². The van der Waals surface area contributed by atoms with E-state index in [1.165, 1.54) is 24.5 Å². The molecular weight excluding hydrogens is 296 g/mol. The summed E-state index contributed by atoms with van der Waals surface area (Å²) in [5, 5.41) is 2.49. The Morgan fingerprint density at radius 2 is 1.95 bits per heavy atom. The van der Waals surface area contributed by atoms with E-state index in [0.717, 1.165) is 4.88 Å². The Balaban J connectivity index is 2.28. The molecule has 0 atom stereocenters. The minimum Gasteiger partial charge on any atom is -0.355 e. The lowest BCUT2D eigenvalue weighted by molar-refractivity contribution is 0.0963. The molecule has 0 saturated carbocycles. The molecule has 0 radical (unpaired) electrons. The fourth-order valence-corrected chi connectivity index (χ4v) is 3.96. The number of benzene rings is 1. The summed E-state index contributed by atoms with van der Waals surface area (Å²) >= 11 is 1.20. The molecule has 106 valence electrons. The largest absolute Gasteiger partial charge is 0.355 e. The third-order valence-electron chi connectivity index (χ3n) is 2.58. The van der Waals surface area contributed by atoms with Crippen molar-refractivity contribution in [2.24, 2.45) is 0 Å². The minimum absolute atomic E-state index is 0.250. The van der Waals surface area contributed by atoms with Crippen LogP contribution in [0.4, 0.5) is 5.69 Å². The zero-order valence-corrected chi connectivity index (χ0v) is 12.6. The highest BCUT2D eigenvalue weighted by Crippen LogP contribution is 2.23. The van der Waals surface area contributed by atoms with Gasteiger partial charge in [-0.25, -0.2) is 8.42 Å². The second-order valence-electron chi connectivity index (χ2n) is 4.13. The van der Waals surface area contributed by atoms with Crippen molar-refractivity contribution in [2.75, 3.05) is 11.8 Å². The second kappa shape index (κ2) is 5.64. The predicted octanol–water partition coefficient (Wildman–Crippen LogP) is 2.22. The van der Waals surface area contributed by atoms with Gasteiger partial charge in [0.1, 0.15) is 4.21 Å². The van der Waals surface area contributed by atoms with Gasteiger partial charge in [0.25, 0.3) is 15.9 Å². The van der Waals surface area contributed by atoms with E-state index < -0.39 is 10.0 Å². The lowest BCUT2D eigenvalue weighted by Crippen LogP contribution is -2.18. The van der Waals surface area contributed by atoms with E-state index in [0.29, 0.717) is 11.3 Å². The van der Waals surface area contributed by atoms with E-state index >= 15 is 0 Å². The molecule has 2 aromatic rings. The Morgan fingerprint density at radius 3 is 2.55 bits per heavy atom. The smallest absolute Gasteiger partial charge is 0.271 e. The van der Waals surface area contributed by atoms with Gasteiger partial charge in [-0.3, -0.25) is 9.52 Å². The first kappa shape index (κ1) is 14.5. The van der Waals surface area contributed by atoms with E-state index in [2.05, 4.69) is 10.0 Å². The molecule has 0 aliphatic heterocycles. The number of hydrogen-bond donors (Lipinski definition) is 2. The van der Waals surface area contributed by atoms with E-state index in [-0.39, 0.29) is 10.1 Å². The topological polar surface area (TPSA) is 75.3 Å². The number of thiophene rings is 1. The maximum Gasteiger partial charge on any atom is 0.271 e. The summed E-state index contributed by atoms with van der Waals surface area (Å²) < 4.78 is 27.0. The molecule has 0 spiro atoms. The van der Waals surface area contributed by atoms with Crippen molar-refractivity contribution >= 4 is 33.0 Å². The summed E-state index contributed by atoms with van der Waals surface area (Å²) in [6, 6.07) is 9.65. The van der Waals surface area contributed by atoms with Gasteiger partial charge < -0.3 is 5.32 Å². The SMILES string of the molecule is CNC(=O)c1cccc(NS(=O)(=O)c2ccc(C)s2)c1. The number of sulfonamides is 1. The Bertz CT molecular complexity index is 736. The molecule has 2 rings (SSSR count). The van der Waals surface area contributed by atoms with Crippen LogP contribution in [0.25, 0.3) is 0 Å². The molecule has 2 N–H and O–H groups in total. The quantitative estimate of drug-likeness (QED) is 0.909. The van der Waals surface area contributed by atoms with Crippen molar-refractivity contribution in [3.63, 3.8) is 0 Å². The summed E-state index contributed by atoms with van der Waals surface area (Å²) in [5.74, 6) is -0.266. The molecule has 0 aliphatic carbocycles. The normalized spacial score (nSPS) is 11.1. The maximum absolute atomic E-state index is 12.2. The highest BCUT2D eigenvalue weighted by Gasteiger charge is 2.16. The summed E-state index contributed by atoms with van der Waals surface area (Å²) in [4.78, 5) is 12.4. The third-order valence-corrected chi connectivity index (χ3v) is 5.46. The fourth-order valence-electron chi connectivity index (χ4n) is 1.63.